The minimum atomic E-state index is 0.444. The molecule has 1 rings (SSSR count). The molecular weight excluding hydrogens is 442 g/mol. The van der Waals surface area contributed by atoms with E-state index in [0.29, 0.717) is 25.2 Å². The third-order valence-electron chi connectivity index (χ3n) is 6.32. The molecule has 0 aliphatic heterocycles. The molecule has 5 N–H and O–H groups in total. The number of nitrogens with one attached hydrogen (secondary N) is 5. The van der Waals surface area contributed by atoms with Crippen molar-refractivity contribution in [2.24, 2.45) is 0 Å². The first-order valence-corrected chi connectivity index (χ1v) is 13.5. The maximum atomic E-state index is 4.29. The minimum absolute atomic E-state index is 0.444. The molecule has 0 aromatic heterocycles. The quantitative estimate of drug-likeness (QED) is 0.134. The Bertz CT molecular complexity index is 830. The van der Waals surface area contributed by atoms with E-state index in [1.807, 2.05) is 0 Å². The molecule has 1 aromatic rings. The van der Waals surface area contributed by atoms with E-state index in [1.54, 1.807) is 0 Å². The zero-order chi connectivity index (χ0) is 27.1. The fourth-order valence-electron chi connectivity index (χ4n) is 3.91. The molecule has 200 valence electrons. The van der Waals surface area contributed by atoms with Crippen molar-refractivity contribution in [1.82, 2.24) is 21.3 Å². The third-order valence-corrected chi connectivity index (χ3v) is 6.32. The molecule has 5 heteroatoms. The predicted octanol–water partition coefficient (Wildman–Crippen LogP) is 7.12. The summed E-state index contributed by atoms with van der Waals surface area (Å²) in [6, 6.07) is 7.18. The van der Waals surface area contributed by atoms with Gasteiger partial charge in [-0.1, -0.05) is 73.9 Å². The molecule has 5 nitrogen and oxygen atoms in total. The summed E-state index contributed by atoms with van der Waals surface area (Å²) in [5.41, 5.74) is 7.54. The van der Waals surface area contributed by atoms with Gasteiger partial charge in [0.25, 0.3) is 0 Å². The molecule has 36 heavy (non-hydrogen) atoms. The Hall–Kier alpha value is -3.08. The molecule has 0 aliphatic carbocycles. The smallest absolute Gasteiger partial charge is 0.0541 e. The highest BCUT2D eigenvalue weighted by Crippen LogP contribution is 2.24. The molecule has 0 saturated carbocycles. The average molecular weight is 494 g/mol. The van der Waals surface area contributed by atoms with E-state index in [4.69, 9.17) is 0 Å². The Labute approximate surface area is 221 Å². The number of hydrogen-bond donors (Lipinski definition) is 5. The second-order valence-electron chi connectivity index (χ2n) is 9.46. The van der Waals surface area contributed by atoms with Crippen LogP contribution in [0.3, 0.4) is 0 Å². The number of allylic oxidation sites excluding steroid dienone is 1. The maximum absolute atomic E-state index is 4.29. The highest BCUT2D eigenvalue weighted by Gasteiger charge is 2.10. The molecule has 0 unspecified atom stereocenters. The van der Waals surface area contributed by atoms with Crippen LogP contribution in [0.4, 0.5) is 5.69 Å². The van der Waals surface area contributed by atoms with Crippen molar-refractivity contribution >= 4 is 17.1 Å². The first-order chi connectivity index (χ1) is 17.2. The van der Waals surface area contributed by atoms with Gasteiger partial charge in [-0.2, -0.15) is 0 Å². The van der Waals surface area contributed by atoms with Crippen LogP contribution in [0.15, 0.2) is 68.2 Å². The highest BCUT2D eigenvalue weighted by atomic mass is 15.0. The van der Waals surface area contributed by atoms with Gasteiger partial charge >= 0.3 is 0 Å². The summed E-state index contributed by atoms with van der Waals surface area (Å²) in [5, 5.41) is 17.3. The van der Waals surface area contributed by atoms with Crippen molar-refractivity contribution < 1.29 is 0 Å². The molecule has 0 spiro atoms. The first-order valence-electron chi connectivity index (χ1n) is 13.5. The van der Waals surface area contributed by atoms with Gasteiger partial charge in [0.15, 0.2) is 0 Å². The standard InChI is InChI=1S/C31H51N5/c1-11-16-22(6)34-31-18-27(25(9)32-20-23(7)35-29(12-2)13-3)17-28(19-31)26(10)33-21-24(8)36-30(14-4)15-5/h17-19,29-30,32-36H,6-16,20-21H2,1-5H3. The van der Waals surface area contributed by atoms with Crippen LogP contribution < -0.4 is 26.6 Å². The number of benzene rings is 1. The first kappa shape index (κ1) is 31.0. The van der Waals surface area contributed by atoms with Crippen LogP contribution in [0.5, 0.6) is 0 Å². The molecule has 0 amide bonds. The summed E-state index contributed by atoms with van der Waals surface area (Å²) in [6.07, 6.45) is 6.25. The van der Waals surface area contributed by atoms with Gasteiger partial charge < -0.3 is 26.6 Å². The molecular formula is C31H51N5. The lowest BCUT2D eigenvalue weighted by molar-refractivity contribution is 0.527. The van der Waals surface area contributed by atoms with Gasteiger partial charge in [-0.25, -0.2) is 0 Å². The van der Waals surface area contributed by atoms with Crippen LogP contribution in [-0.4, -0.2) is 25.2 Å². The Morgan fingerprint density at radius 2 is 1.06 bits per heavy atom. The Balaban J connectivity index is 2.98. The third kappa shape index (κ3) is 11.1. The van der Waals surface area contributed by atoms with Gasteiger partial charge in [0, 0.05) is 46.3 Å². The zero-order valence-corrected chi connectivity index (χ0v) is 23.6. The van der Waals surface area contributed by atoms with Crippen molar-refractivity contribution in [3.63, 3.8) is 0 Å². The summed E-state index contributed by atoms with van der Waals surface area (Å²) >= 11 is 0. The van der Waals surface area contributed by atoms with Crippen LogP contribution >= 0.6 is 0 Å². The molecule has 1 aromatic carbocycles. The van der Waals surface area contributed by atoms with Gasteiger partial charge in [-0.3, -0.25) is 0 Å². The summed E-state index contributed by atoms with van der Waals surface area (Å²) in [6.45, 7) is 33.2. The molecule has 0 fully saturated rings. The molecule has 0 aliphatic rings. The fourth-order valence-corrected chi connectivity index (χ4v) is 3.91. The second-order valence-corrected chi connectivity index (χ2v) is 9.46. The lowest BCUT2D eigenvalue weighted by atomic mass is 10.0. The van der Waals surface area contributed by atoms with Crippen molar-refractivity contribution in [3.05, 3.63) is 79.3 Å². The van der Waals surface area contributed by atoms with Crippen LogP contribution in [0.2, 0.25) is 0 Å². The number of hydrogen-bond acceptors (Lipinski definition) is 5. The second kappa shape index (κ2) is 16.6. The van der Waals surface area contributed by atoms with E-state index in [2.05, 4.69) is 112 Å². The van der Waals surface area contributed by atoms with Crippen molar-refractivity contribution in [3.8, 4) is 0 Å². The van der Waals surface area contributed by atoms with E-state index >= 15 is 0 Å². The van der Waals surface area contributed by atoms with E-state index in [-0.39, 0.29) is 0 Å². The average Bonchev–Trinajstić information content (AvgIpc) is 2.87. The van der Waals surface area contributed by atoms with Gasteiger partial charge in [-0.15, -0.1) is 0 Å². The predicted molar refractivity (Wildman–Crippen MR) is 161 cm³/mol. The van der Waals surface area contributed by atoms with Crippen molar-refractivity contribution in [1.29, 1.82) is 0 Å². The molecule has 0 bridgehead atoms. The number of anilines is 1. The Kier molecular flexibility index (Phi) is 14.2. The van der Waals surface area contributed by atoms with E-state index in [0.717, 1.165) is 83.8 Å². The lowest BCUT2D eigenvalue weighted by Gasteiger charge is -2.21. The highest BCUT2D eigenvalue weighted by molar-refractivity contribution is 5.74. The van der Waals surface area contributed by atoms with Gasteiger partial charge in [-0.05, 0) is 61.4 Å². The molecule has 0 atom stereocenters. The summed E-state index contributed by atoms with van der Waals surface area (Å²) in [7, 11) is 0. The fraction of sp³-hybridized carbons (Fsp3) is 0.484. The molecule has 0 radical (unpaired) electrons. The zero-order valence-electron chi connectivity index (χ0n) is 23.6. The molecule has 0 saturated heterocycles. The van der Waals surface area contributed by atoms with Gasteiger partial charge in [0.2, 0.25) is 0 Å². The lowest BCUT2D eigenvalue weighted by Crippen LogP contribution is -2.31. The SMILES string of the molecule is C=C(CCC)Nc1cc(C(=C)NCC(=C)NC(CC)CC)cc(C(=C)NCC(=C)NC(CC)CC)c1. The molecule has 0 heterocycles. The number of rotatable bonds is 20. The van der Waals surface area contributed by atoms with Crippen LogP contribution in [0.1, 0.15) is 84.3 Å². The van der Waals surface area contributed by atoms with E-state index < -0.39 is 0 Å². The van der Waals surface area contributed by atoms with E-state index in [9.17, 15) is 0 Å². The Morgan fingerprint density at radius 3 is 1.42 bits per heavy atom. The van der Waals surface area contributed by atoms with Gasteiger partial charge in [0.1, 0.15) is 0 Å². The van der Waals surface area contributed by atoms with Crippen molar-refractivity contribution in [2.45, 2.75) is 85.2 Å². The largest absolute Gasteiger partial charge is 0.385 e. The normalized spacial score (nSPS) is 10.6. The van der Waals surface area contributed by atoms with Gasteiger partial charge in [0.05, 0.1) is 13.1 Å². The van der Waals surface area contributed by atoms with Crippen LogP contribution in [0.25, 0.3) is 11.4 Å². The van der Waals surface area contributed by atoms with E-state index in [1.165, 1.54) is 0 Å². The topological polar surface area (TPSA) is 60.1 Å². The summed E-state index contributed by atoms with van der Waals surface area (Å²) in [4.78, 5) is 0. The summed E-state index contributed by atoms with van der Waals surface area (Å²) < 4.78 is 0. The van der Waals surface area contributed by atoms with Crippen LogP contribution in [0, 0.1) is 0 Å². The Morgan fingerprint density at radius 1 is 0.639 bits per heavy atom. The monoisotopic (exact) mass is 493 g/mol. The van der Waals surface area contributed by atoms with Crippen molar-refractivity contribution in [2.75, 3.05) is 18.4 Å². The summed E-state index contributed by atoms with van der Waals surface area (Å²) in [5.74, 6) is 0. The van der Waals surface area contributed by atoms with Crippen LogP contribution in [-0.2, 0) is 0 Å². The maximum Gasteiger partial charge on any atom is 0.0541 e. The minimum Gasteiger partial charge on any atom is -0.385 e.